The third-order valence-electron chi connectivity index (χ3n) is 5.35. The largest absolute Gasteiger partial charge is 0.343 e. The molecule has 5 heteroatoms. The van der Waals surface area contributed by atoms with E-state index in [1.807, 2.05) is 17.9 Å². The molecule has 1 N–H and O–H groups in total. The summed E-state index contributed by atoms with van der Waals surface area (Å²) >= 11 is 0. The lowest BCUT2D eigenvalue weighted by atomic mass is 9.91. The molecule has 1 aromatic rings. The van der Waals surface area contributed by atoms with Gasteiger partial charge in [0.2, 0.25) is 5.91 Å². The molecule has 3 heterocycles. The Morgan fingerprint density at radius 1 is 1.27 bits per heavy atom. The number of amides is 1. The van der Waals surface area contributed by atoms with Crippen LogP contribution in [0, 0.1) is 5.92 Å². The number of hydrogen-bond acceptors (Lipinski definition) is 3. The number of rotatable bonds is 4. The number of carbonyl (C=O) groups excluding carboxylic acids is 1. The van der Waals surface area contributed by atoms with Crippen LogP contribution in [0.4, 0.5) is 0 Å². The van der Waals surface area contributed by atoms with Gasteiger partial charge in [-0.3, -0.25) is 9.48 Å². The van der Waals surface area contributed by atoms with Crippen LogP contribution in [-0.2, 0) is 11.8 Å². The molecule has 5 nitrogen and oxygen atoms in total. The lowest BCUT2D eigenvalue weighted by Gasteiger charge is -2.32. The van der Waals surface area contributed by atoms with E-state index in [0.29, 0.717) is 11.8 Å². The van der Waals surface area contributed by atoms with Crippen LogP contribution in [0.5, 0.6) is 0 Å². The maximum absolute atomic E-state index is 12.4. The van der Waals surface area contributed by atoms with Crippen molar-refractivity contribution in [2.24, 2.45) is 13.0 Å². The molecule has 122 valence electrons. The Kier molecular flexibility index (Phi) is 5.13. The molecule has 1 aromatic heterocycles. The predicted molar refractivity (Wildman–Crippen MR) is 86.6 cm³/mol. The summed E-state index contributed by atoms with van der Waals surface area (Å²) in [6.45, 7) is 4.05. The van der Waals surface area contributed by atoms with Crippen LogP contribution < -0.4 is 5.32 Å². The third kappa shape index (κ3) is 3.69. The van der Waals surface area contributed by atoms with Gasteiger partial charge in [-0.1, -0.05) is 0 Å². The maximum atomic E-state index is 12.4. The second-order valence-corrected chi connectivity index (χ2v) is 6.77. The molecule has 0 radical (unpaired) electrons. The summed E-state index contributed by atoms with van der Waals surface area (Å²) < 4.78 is 1.97. The predicted octanol–water partition coefficient (Wildman–Crippen LogP) is 1.91. The highest BCUT2D eigenvalue weighted by molar-refractivity contribution is 5.76. The molecule has 2 saturated heterocycles. The van der Waals surface area contributed by atoms with E-state index in [4.69, 9.17) is 0 Å². The monoisotopic (exact) mass is 304 g/mol. The topological polar surface area (TPSA) is 50.2 Å². The summed E-state index contributed by atoms with van der Waals surface area (Å²) in [4.78, 5) is 14.5. The number of nitrogens with one attached hydrogen (secondary N) is 1. The van der Waals surface area contributed by atoms with Gasteiger partial charge in [-0.25, -0.2) is 0 Å². The Morgan fingerprint density at radius 3 is 2.64 bits per heavy atom. The minimum absolute atomic E-state index is 0.363. The highest BCUT2D eigenvalue weighted by Gasteiger charge is 2.25. The molecule has 3 rings (SSSR count). The number of hydrogen-bond donors (Lipinski definition) is 1. The first-order valence-corrected chi connectivity index (χ1v) is 8.70. The van der Waals surface area contributed by atoms with Crippen molar-refractivity contribution in [3.8, 4) is 0 Å². The molecule has 0 atom stereocenters. The SMILES string of the molecule is Cn1nccc1C1CCN(C(=O)CCC2CCNCC2)CC1. The summed E-state index contributed by atoms with van der Waals surface area (Å²) in [5.41, 5.74) is 1.31. The first-order chi connectivity index (χ1) is 10.7. The fraction of sp³-hybridized carbons (Fsp3) is 0.765. The third-order valence-corrected chi connectivity index (χ3v) is 5.35. The summed E-state index contributed by atoms with van der Waals surface area (Å²) in [7, 11) is 2.01. The molecule has 1 amide bonds. The van der Waals surface area contributed by atoms with Gasteiger partial charge in [-0.15, -0.1) is 0 Å². The van der Waals surface area contributed by atoms with Crippen molar-refractivity contribution in [1.29, 1.82) is 0 Å². The van der Waals surface area contributed by atoms with Gasteiger partial charge >= 0.3 is 0 Å². The smallest absolute Gasteiger partial charge is 0.222 e. The number of carbonyl (C=O) groups is 1. The maximum Gasteiger partial charge on any atom is 0.222 e. The van der Waals surface area contributed by atoms with Crippen molar-refractivity contribution >= 4 is 5.91 Å². The van der Waals surface area contributed by atoms with Gasteiger partial charge in [0, 0.05) is 44.4 Å². The van der Waals surface area contributed by atoms with Gasteiger partial charge in [0.05, 0.1) is 0 Å². The van der Waals surface area contributed by atoms with E-state index in [-0.39, 0.29) is 0 Å². The molecule has 2 fully saturated rings. The van der Waals surface area contributed by atoms with Crippen LogP contribution in [0.25, 0.3) is 0 Å². The minimum atomic E-state index is 0.363. The quantitative estimate of drug-likeness (QED) is 0.924. The zero-order valence-corrected chi connectivity index (χ0v) is 13.6. The van der Waals surface area contributed by atoms with E-state index in [9.17, 15) is 4.79 Å². The number of nitrogens with zero attached hydrogens (tertiary/aromatic N) is 3. The van der Waals surface area contributed by atoms with Crippen molar-refractivity contribution in [3.05, 3.63) is 18.0 Å². The molecule has 2 aliphatic heterocycles. The fourth-order valence-electron chi connectivity index (χ4n) is 3.87. The first kappa shape index (κ1) is 15.5. The van der Waals surface area contributed by atoms with Crippen molar-refractivity contribution in [2.75, 3.05) is 26.2 Å². The Labute approximate surface area is 133 Å². The first-order valence-electron chi connectivity index (χ1n) is 8.70. The number of piperidine rings is 2. The molecule has 22 heavy (non-hydrogen) atoms. The van der Waals surface area contributed by atoms with Crippen LogP contribution in [-0.4, -0.2) is 46.8 Å². The second-order valence-electron chi connectivity index (χ2n) is 6.77. The van der Waals surface area contributed by atoms with Gasteiger partial charge in [-0.2, -0.15) is 5.10 Å². The lowest BCUT2D eigenvalue weighted by Crippen LogP contribution is -2.38. The summed E-state index contributed by atoms with van der Waals surface area (Å²) in [6, 6.07) is 2.11. The average molecular weight is 304 g/mol. The Hall–Kier alpha value is -1.36. The molecule has 0 saturated carbocycles. The molecule has 0 bridgehead atoms. The van der Waals surface area contributed by atoms with Gasteiger partial charge in [0.25, 0.3) is 0 Å². The van der Waals surface area contributed by atoms with Crippen molar-refractivity contribution in [1.82, 2.24) is 20.0 Å². The lowest BCUT2D eigenvalue weighted by molar-refractivity contribution is -0.132. The highest BCUT2D eigenvalue weighted by atomic mass is 16.2. The zero-order chi connectivity index (χ0) is 15.4. The van der Waals surface area contributed by atoms with Gasteiger partial charge in [0.1, 0.15) is 0 Å². The number of aryl methyl sites for hydroxylation is 1. The number of likely N-dealkylation sites (tertiary alicyclic amines) is 1. The molecular weight excluding hydrogens is 276 g/mol. The molecule has 0 unspecified atom stereocenters. The zero-order valence-electron chi connectivity index (χ0n) is 13.6. The molecule has 0 spiro atoms. The standard InChI is InChI=1S/C17H28N4O/c1-20-16(6-11-19-20)15-7-12-21(13-8-15)17(22)3-2-14-4-9-18-10-5-14/h6,11,14-15,18H,2-5,7-10,12-13H2,1H3. The van der Waals surface area contributed by atoms with Crippen LogP contribution in [0.15, 0.2) is 12.3 Å². The van der Waals surface area contributed by atoms with E-state index in [2.05, 4.69) is 21.4 Å². The summed E-state index contributed by atoms with van der Waals surface area (Å²) in [5.74, 6) is 1.67. The van der Waals surface area contributed by atoms with E-state index in [1.54, 1.807) is 0 Å². The van der Waals surface area contributed by atoms with Crippen LogP contribution in [0.1, 0.15) is 50.1 Å². The van der Waals surface area contributed by atoms with Gasteiger partial charge in [-0.05, 0) is 57.2 Å². The average Bonchev–Trinajstić information content (AvgIpc) is 3.00. The van der Waals surface area contributed by atoms with Crippen molar-refractivity contribution in [3.63, 3.8) is 0 Å². The highest BCUT2D eigenvalue weighted by Crippen LogP contribution is 2.28. The minimum Gasteiger partial charge on any atom is -0.343 e. The molecule has 0 aliphatic carbocycles. The number of aromatic nitrogens is 2. The van der Waals surface area contributed by atoms with E-state index >= 15 is 0 Å². The van der Waals surface area contributed by atoms with Crippen molar-refractivity contribution in [2.45, 2.75) is 44.4 Å². The van der Waals surface area contributed by atoms with E-state index in [0.717, 1.165) is 57.8 Å². The summed E-state index contributed by atoms with van der Waals surface area (Å²) in [5, 5.41) is 7.64. The van der Waals surface area contributed by atoms with E-state index in [1.165, 1.54) is 18.5 Å². The van der Waals surface area contributed by atoms with Crippen LogP contribution >= 0.6 is 0 Å². The van der Waals surface area contributed by atoms with Crippen LogP contribution in [0.3, 0.4) is 0 Å². The normalized spacial score (nSPS) is 21.2. The molecular formula is C17H28N4O. The fourth-order valence-corrected chi connectivity index (χ4v) is 3.87. The Balaban J connectivity index is 1.42. The van der Waals surface area contributed by atoms with Crippen molar-refractivity contribution < 1.29 is 4.79 Å². The molecule has 0 aromatic carbocycles. The van der Waals surface area contributed by atoms with Gasteiger partial charge in [0.15, 0.2) is 0 Å². The van der Waals surface area contributed by atoms with Crippen LogP contribution in [0.2, 0.25) is 0 Å². The Bertz CT molecular complexity index is 485. The molecule has 2 aliphatic rings. The van der Waals surface area contributed by atoms with Gasteiger partial charge < -0.3 is 10.2 Å². The Morgan fingerprint density at radius 2 is 2.00 bits per heavy atom. The second kappa shape index (κ2) is 7.27. The van der Waals surface area contributed by atoms with E-state index < -0.39 is 0 Å². The summed E-state index contributed by atoms with van der Waals surface area (Å²) in [6.07, 6.45) is 8.28.